The van der Waals surface area contributed by atoms with Crippen molar-refractivity contribution < 1.29 is 4.79 Å². The van der Waals surface area contributed by atoms with Gasteiger partial charge in [-0.05, 0) is 24.1 Å². The topological polar surface area (TPSA) is 92.4 Å². The maximum Gasteiger partial charge on any atom is 0.318 e. The molecule has 6 heteroatoms. The minimum atomic E-state index is -0.656. The summed E-state index contributed by atoms with van der Waals surface area (Å²) in [5, 5.41) is 5.54. The van der Waals surface area contributed by atoms with Gasteiger partial charge in [-0.15, -0.1) is 0 Å². The molecule has 0 radical (unpaired) electrons. The lowest BCUT2D eigenvalue weighted by molar-refractivity contribution is 0.253. The van der Waals surface area contributed by atoms with Crippen LogP contribution in [0.1, 0.15) is 16.8 Å². The summed E-state index contributed by atoms with van der Waals surface area (Å²) >= 11 is 0. The van der Waals surface area contributed by atoms with E-state index >= 15 is 0 Å². The normalized spacial score (nSPS) is 11.0. The van der Waals surface area contributed by atoms with E-state index in [0.717, 1.165) is 16.8 Å². The minimum Gasteiger partial charge on any atom is -0.351 e. The smallest absolute Gasteiger partial charge is 0.318 e. The van der Waals surface area contributed by atoms with Gasteiger partial charge in [0, 0.05) is 6.20 Å². The van der Waals surface area contributed by atoms with Gasteiger partial charge in [-0.2, -0.15) is 0 Å². The Labute approximate surface area is 129 Å². The van der Waals surface area contributed by atoms with Crippen LogP contribution in [0.2, 0.25) is 0 Å². The Morgan fingerprint density at radius 1 is 1.23 bits per heavy atom. The van der Waals surface area contributed by atoms with Gasteiger partial charge in [0.05, 0.1) is 18.8 Å². The van der Waals surface area contributed by atoms with Crippen LogP contribution in [0.4, 0.5) is 4.79 Å². The molecule has 2 rings (SSSR count). The number of rotatable bonds is 4. The third kappa shape index (κ3) is 4.90. The zero-order chi connectivity index (χ0) is 15.8. The zero-order valence-electron chi connectivity index (χ0n) is 12.4. The molecule has 0 saturated carbocycles. The lowest BCUT2D eigenvalue weighted by Gasteiger charge is -2.11. The Hall–Kier alpha value is -2.89. The van der Waals surface area contributed by atoms with E-state index in [-0.39, 0.29) is 0 Å². The van der Waals surface area contributed by atoms with Crippen molar-refractivity contribution in [2.45, 2.75) is 20.0 Å². The molecule has 0 atom stereocenters. The Morgan fingerprint density at radius 3 is 2.68 bits per heavy atom. The van der Waals surface area contributed by atoms with Crippen LogP contribution in [0.15, 0.2) is 53.7 Å². The molecular formula is C16H19N5O. The summed E-state index contributed by atoms with van der Waals surface area (Å²) in [5.74, 6) is 0.335. The predicted octanol–water partition coefficient (Wildman–Crippen LogP) is 1.70. The highest BCUT2D eigenvalue weighted by Crippen LogP contribution is 2.03. The van der Waals surface area contributed by atoms with E-state index in [1.54, 1.807) is 6.20 Å². The average molecular weight is 297 g/mol. The van der Waals surface area contributed by atoms with Crippen molar-refractivity contribution >= 4 is 12.0 Å². The molecule has 2 aromatic rings. The Kier molecular flexibility index (Phi) is 5.48. The van der Waals surface area contributed by atoms with Gasteiger partial charge in [-0.3, -0.25) is 10.3 Å². The first-order valence-corrected chi connectivity index (χ1v) is 6.94. The molecule has 1 aromatic heterocycles. The number of urea groups is 1. The number of aromatic nitrogens is 1. The summed E-state index contributed by atoms with van der Waals surface area (Å²) in [5.41, 5.74) is 8.17. The average Bonchev–Trinajstić information content (AvgIpc) is 2.52. The number of pyridine rings is 1. The fourth-order valence-electron chi connectivity index (χ4n) is 1.88. The molecule has 0 aliphatic rings. The molecule has 2 amide bonds. The van der Waals surface area contributed by atoms with Gasteiger partial charge < -0.3 is 11.1 Å². The number of primary amides is 1. The largest absolute Gasteiger partial charge is 0.351 e. The fourth-order valence-corrected chi connectivity index (χ4v) is 1.88. The van der Waals surface area contributed by atoms with Gasteiger partial charge in [0.2, 0.25) is 0 Å². The van der Waals surface area contributed by atoms with Gasteiger partial charge in [-0.1, -0.05) is 36.4 Å². The van der Waals surface area contributed by atoms with E-state index in [1.807, 2.05) is 49.4 Å². The minimum absolute atomic E-state index is 0.335. The summed E-state index contributed by atoms with van der Waals surface area (Å²) in [6.07, 6.45) is 1.73. The molecule has 1 heterocycles. The number of amides is 2. The monoisotopic (exact) mass is 297 g/mol. The number of aliphatic imine (C=N–C) groups is 1. The molecule has 0 saturated heterocycles. The van der Waals surface area contributed by atoms with Gasteiger partial charge in [-0.25, -0.2) is 9.79 Å². The van der Waals surface area contributed by atoms with Crippen molar-refractivity contribution in [3.63, 3.8) is 0 Å². The highest BCUT2D eigenvalue weighted by Gasteiger charge is 2.04. The van der Waals surface area contributed by atoms with E-state index in [4.69, 9.17) is 5.73 Å². The second-order valence-corrected chi connectivity index (χ2v) is 4.76. The molecular weight excluding hydrogens is 278 g/mol. The second-order valence-electron chi connectivity index (χ2n) is 4.76. The van der Waals surface area contributed by atoms with Crippen LogP contribution in [0, 0.1) is 6.92 Å². The van der Waals surface area contributed by atoms with E-state index in [0.29, 0.717) is 19.0 Å². The Morgan fingerprint density at radius 2 is 2.00 bits per heavy atom. The highest BCUT2D eigenvalue weighted by atomic mass is 16.2. The van der Waals surface area contributed by atoms with Crippen molar-refractivity contribution in [3.05, 3.63) is 65.5 Å². The molecule has 0 spiro atoms. The molecule has 6 nitrogen and oxygen atoms in total. The number of carbonyl (C=O) groups excluding carboxylic acids is 1. The molecule has 0 unspecified atom stereocenters. The number of hydrogen-bond acceptors (Lipinski definition) is 3. The Bertz CT molecular complexity index is 655. The first kappa shape index (κ1) is 15.5. The van der Waals surface area contributed by atoms with Crippen LogP contribution in [-0.2, 0) is 13.1 Å². The van der Waals surface area contributed by atoms with Crippen molar-refractivity contribution in [3.8, 4) is 0 Å². The van der Waals surface area contributed by atoms with Gasteiger partial charge in [0.15, 0.2) is 5.96 Å². The summed E-state index contributed by atoms with van der Waals surface area (Å²) in [6.45, 7) is 2.89. The van der Waals surface area contributed by atoms with Crippen molar-refractivity contribution in [2.24, 2.45) is 10.7 Å². The molecule has 4 N–H and O–H groups in total. The maximum atomic E-state index is 11.1. The summed E-state index contributed by atoms with van der Waals surface area (Å²) in [7, 11) is 0. The highest BCUT2D eigenvalue weighted by molar-refractivity contribution is 5.95. The van der Waals surface area contributed by atoms with Crippen LogP contribution >= 0.6 is 0 Å². The SMILES string of the molecule is Cc1cccnc1CNC(=NCc1ccccc1)NC(N)=O. The molecule has 0 fully saturated rings. The van der Waals surface area contributed by atoms with E-state index < -0.39 is 6.03 Å². The predicted molar refractivity (Wildman–Crippen MR) is 86.1 cm³/mol. The van der Waals surface area contributed by atoms with Gasteiger partial charge >= 0.3 is 6.03 Å². The second kappa shape index (κ2) is 7.78. The van der Waals surface area contributed by atoms with Crippen LogP contribution in [0.3, 0.4) is 0 Å². The number of benzene rings is 1. The van der Waals surface area contributed by atoms with Crippen LogP contribution in [-0.4, -0.2) is 17.0 Å². The third-order valence-electron chi connectivity index (χ3n) is 3.05. The molecule has 22 heavy (non-hydrogen) atoms. The fraction of sp³-hybridized carbons (Fsp3) is 0.188. The summed E-state index contributed by atoms with van der Waals surface area (Å²) in [6, 6.07) is 13.0. The van der Waals surface area contributed by atoms with Crippen molar-refractivity contribution in [1.29, 1.82) is 0 Å². The Balaban J connectivity index is 2.03. The van der Waals surface area contributed by atoms with Gasteiger partial charge in [0.1, 0.15) is 0 Å². The van der Waals surface area contributed by atoms with E-state index in [1.165, 1.54) is 0 Å². The van der Waals surface area contributed by atoms with Crippen LogP contribution in [0.25, 0.3) is 0 Å². The van der Waals surface area contributed by atoms with Crippen molar-refractivity contribution in [2.75, 3.05) is 0 Å². The van der Waals surface area contributed by atoms with E-state index in [9.17, 15) is 4.79 Å². The van der Waals surface area contributed by atoms with Crippen LogP contribution < -0.4 is 16.4 Å². The number of nitrogens with two attached hydrogens (primary N) is 1. The molecule has 1 aromatic carbocycles. The number of nitrogens with zero attached hydrogens (tertiary/aromatic N) is 2. The maximum absolute atomic E-state index is 11.1. The molecule has 114 valence electrons. The quantitative estimate of drug-likeness (QED) is 0.592. The van der Waals surface area contributed by atoms with E-state index in [2.05, 4.69) is 20.6 Å². The number of aryl methyl sites for hydroxylation is 1. The first-order valence-electron chi connectivity index (χ1n) is 6.94. The molecule has 0 bridgehead atoms. The lowest BCUT2D eigenvalue weighted by atomic mass is 10.2. The number of guanidine groups is 1. The summed E-state index contributed by atoms with van der Waals surface area (Å²) < 4.78 is 0. The van der Waals surface area contributed by atoms with Crippen LogP contribution in [0.5, 0.6) is 0 Å². The van der Waals surface area contributed by atoms with Gasteiger partial charge in [0.25, 0.3) is 0 Å². The zero-order valence-corrected chi connectivity index (χ0v) is 12.4. The third-order valence-corrected chi connectivity index (χ3v) is 3.05. The van der Waals surface area contributed by atoms with Crippen molar-refractivity contribution in [1.82, 2.24) is 15.6 Å². The number of carbonyl (C=O) groups is 1. The summed E-state index contributed by atoms with van der Waals surface area (Å²) in [4.78, 5) is 19.7. The molecule has 0 aliphatic carbocycles. The first-order chi connectivity index (χ1) is 10.6. The number of nitrogens with one attached hydrogen (secondary N) is 2. The lowest BCUT2D eigenvalue weighted by Crippen LogP contribution is -2.43. The molecule has 0 aliphatic heterocycles. The standard InChI is InChI=1S/C16H19N5O/c1-12-6-5-9-18-14(12)11-20-16(21-15(17)22)19-10-13-7-3-2-4-8-13/h2-9H,10-11H2,1H3,(H4,17,19,20,21,22). The number of hydrogen-bond donors (Lipinski definition) is 3.